The zero-order valence-corrected chi connectivity index (χ0v) is 10.6. The maximum absolute atomic E-state index is 12.3. The molecule has 0 aromatic heterocycles. The van der Waals surface area contributed by atoms with Gasteiger partial charge in [0.2, 0.25) is 0 Å². The number of benzene rings is 2. The van der Waals surface area contributed by atoms with Gasteiger partial charge in [-0.2, -0.15) is 0 Å². The van der Waals surface area contributed by atoms with Crippen LogP contribution >= 0.6 is 0 Å². The van der Waals surface area contributed by atoms with E-state index in [1.54, 1.807) is 12.1 Å². The van der Waals surface area contributed by atoms with Gasteiger partial charge in [-0.1, -0.05) is 31.2 Å². The van der Waals surface area contributed by atoms with E-state index in [0.717, 1.165) is 17.5 Å². The lowest BCUT2D eigenvalue weighted by molar-refractivity contribution is 0.104. The zero-order chi connectivity index (χ0) is 13.4. The van der Waals surface area contributed by atoms with Crippen LogP contribution in [0.25, 0.3) is 11.1 Å². The average Bonchev–Trinajstić information content (AvgIpc) is 2.73. The number of fused-ring (bicyclic) bond motifs is 3. The van der Waals surface area contributed by atoms with Gasteiger partial charge >= 0.3 is 0 Å². The molecule has 3 nitrogen and oxygen atoms in total. The summed E-state index contributed by atoms with van der Waals surface area (Å²) < 4.78 is 5.46. The Morgan fingerprint density at radius 1 is 1.05 bits per heavy atom. The van der Waals surface area contributed by atoms with Crippen LogP contribution in [0, 0.1) is 0 Å². The van der Waals surface area contributed by atoms with E-state index in [2.05, 4.69) is 0 Å². The van der Waals surface area contributed by atoms with Crippen molar-refractivity contribution in [2.45, 2.75) is 13.3 Å². The first-order chi connectivity index (χ1) is 9.24. The number of phenolic OH excluding ortho intramolecular Hbond substituents is 1. The molecule has 1 aliphatic carbocycles. The highest BCUT2D eigenvalue weighted by Gasteiger charge is 2.30. The third-order valence-electron chi connectivity index (χ3n) is 3.29. The molecule has 2 aromatic carbocycles. The second kappa shape index (κ2) is 4.43. The largest absolute Gasteiger partial charge is 0.504 e. The molecule has 96 valence electrons. The van der Waals surface area contributed by atoms with E-state index in [4.69, 9.17) is 4.74 Å². The van der Waals surface area contributed by atoms with Crippen molar-refractivity contribution in [2.75, 3.05) is 6.61 Å². The Labute approximate surface area is 111 Å². The highest BCUT2D eigenvalue weighted by molar-refractivity contribution is 6.23. The van der Waals surface area contributed by atoms with E-state index in [0.29, 0.717) is 23.5 Å². The summed E-state index contributed by atoms with van der Waals surface area (Å²) in [5.74, 6) is 0.193. The van der Waals surface area contributed by atoms with Gasteiger partial charge in [0.15, 0.2) is 17.3 Å². The molecular weight excluding hydrogens is 240 g/mol. The molecule has 0 unspecified atom stereocenters. The highest BCUT2D eigenvalue weighted by Crippen LogP contribution is 2.44. The molecular formula is C16H14O3. The van der Waals surface area contributed by atoms with Crippen LogP contribution in [0.3, 0.4) is 0 Å². The third kappa shape index (κ3) is 1.70. The van der Waals surface area contributed by atoms with Crippen LogP contribution in [-0.2, 0) is 0 Å². The van der Waals surface area contributed by atoms with Gasteiger partial charge in [-0.3, -0.25) is 4.79 Å². The molecule has 0 atom stereocenters. The molecule has 0 fully saturated rings. The zero-order valence-electron chi connectivity index (χ0n) is 10.6. The van der Waals surface area contributed by atoms with Gasteiger partial charge in [-0.15, -0.1) is 0 Å². The van der Waals surface area contributed by atoms with Gasteiger partial charge in [0.05, 0.1) is 12.2 Å². The standard InChI is InChI=1S/C16H14O3/c1-2-9-19-13-8-7-11-10-5-3-4-6-12(10)15(17)14(11)16(13)18/h3-8,18H,2,9H2,1H3. The van der Waals surface area contributed by atoms with Crippen LogP contribution in [0.5, 0.6) is 11.5 Å². The Bertz CT molecular complexity index is 659. The van der Waals surface area contributed by atoms with E-state index in [-0.39, 0.29) is 11.5 Å². The van der Waals surface area contributed by atoms with Crippen molar-refractivity contribution >= 4 is 5.78 Å². The summed E-state index contributed by atoms with van der Waals surface area (Å²) in [5.41, 5.74) is 2.65. The van der Waals surface area contributed by atoms with E-state index in [9.17, 15) is 9.90 Å². The van der Waals surface area contributed by atoms with Gasteiger partial charge < -0.3 is 9.84 Å². The molecule has 0 aliphatic heterocycles. The van der Waals surface area contributed by atoms with E-state index >= 15 is 0 Å². The van der Waals surface area contributed by atoms with Crippen LogP contribution in [0.4, 0.5) is 0 Å². The molecule has 0 saturated heterocycles. The molecule has 3 rings (SSSR count). The van der Waals surface area contributed by atoms with Crippen molar-refractivity contribution in [3.05, 3.63) is 47.5 Å². The molecule has 19 heavy (non-hydrogen) atoms. The average molecular weight is 254 g/mol. The molecule has 2 aromatic rings. The number of rotatable bonds is 3. The number of hydrogen-bond acceptors (Lipinski definition) is 3. The number of hydrogen-bond donors (Lipinski definition) is 1. The SMILES string of the molecule is CCCOc1ccc2c(c1O)C(=O)c1ccccc1-2. The lowest BCUT2D eigenvalue weighted by atomic mass is 10.1. The van der Waals surface area contributed by atoms with Gasteiger partial charge in [-0.25, -0.2) is 0 Å². The first kappa shape index (κ1) is 11.8. The lowest BCUT2D eigenvalue weighted by Crippen LogP contribution is -1.99. The van der Waals surface area contributed by atoms with Crippen molar-refractivity contribution in [2.24, 2.45) is 0 Å². The number of aromatic hydroxyl groups is 1. The first-order valence-corrected chi connectivity index (χ1v) is 6.37. The molecule has 0 heterocycles. The van der Waals surface area contributed by atoms with Crippen molar-refractivity contribution in [3.63, 3.8) is 0 Å². The van der Waals surface area contributed by atoms with Gasteiger partial charge in [0.25, 0.3) is 0 Å². The smallest absolute Gasteiger partial charge is 0.198 e. The van der Waals surface area contributed by atoms with Crippen LogP contribution in [0.15, 0.2) is 36.4 Å². The van der Waals surface area contributed by atoms with Crippen molar-refractivity contribution in [3.8, 4) is 22.6 Å². The summed E-state index contributed by atoms with van der Waals surface area (Å²) in [4.78, 5) is 12.3. The number of ether oxygens (including phenoxy) is 1. The predicted octanol–water partition coefficient (Wildman–Crippen LogP) is 3.39. The summed E-state index contributed by atoms with van der Waals surface area (Å²) in [6, 6.07) is 11.0. The van der Waals surface area contributed by atoms with Crippen LogP contribution in [0.2, 0.25) is 0 Å². The number of carbonyl (C=O) groups excluding carboxylic acids is 1. The normalized spacial score (nSPS) is 12.2. The Morgan fingerprint density at radius 2 is 1.79 bits per heavy atom. The Kier molecular flexibility index (Phi) is 2.75. The Morgan fingerprint density at radius 3 is 2.53 bits per heavy atom. The Balaban J connectivity index is 2.14. The number of ketones is 1. The minimum absolute atomic E-state index is 0.0489. The molecule has 0 saturated carbocycles. The predicted molar refractivity (Wildman–Crippen MR) is 72.8 cm³/mol. The van der Waals surface area contributed by atoms with Crippen molar-refractivity contribution in [1.82, 2.24) is 0 Å². The van der Waals surface area contributed by atoms with E-state index < -0.39 is 0 Å². The molecule has 0 bridgehead atoms. The minimum Gasteiger partial charge on any atom is -0.504 e. The fraction of sp³-hybridized carbons (Fsp3) is 0.188. The van der Waals surface area contributed by atoms with Crippen LogP contribution in [-0.4, -0.2) is 17.5 Å². The quantitative estimate of drug-likeness (QED) is 0.779. The molecule has 3 heteroatoms. The van der Waals surface area contributed by atoms with E-state index in [1.165, 1.54) is 0 Å². The minimum atomic E-state index is -0.134. The fourth-order valence-corrected chi connectivity index (χ4v) is 2.41. The fourth-order valence-electron chi connectivity index (χ4n) is 2.41. The van der Waals surface area contributed by atoms with E-state index in [1.807, 2.05) is 31.2 Å². The van der Waals surface area contributed by atoms with Crippen molar-refractivity contribution < 1.29 is 14.6 Å². The molecule has 0 radical (unpaired) electrons. The highest BCUT2D eigenvalue weighted by atomic mass is 16.5. The molecule has 1 N–H and O–H groups in total. The summed E-state index contributed by atoms with van der Waals surface area (Å²) in [6.07, 6.45) is 0.852. The maximum Gasteiger partial charge on any atom is 0.198 e. The second-order valence-corrected chi connectivity index (χ2v) is 4.56. The monoisotopic (exact) mass is 254 g/mol. The summed E-state index contributed by atoms with van der Waals surface area (Å²) in [7, 11) is 0. The van der Waals surface area contributed by atoms with Crippen LogP contribution < -0.4 is 4.74 Å². The van der Waals surface area contributed by atoms with Crippen LogP contribution in [0.1, 0.15) is 29.3 Å². The molecule has 0 spiro atoms. The summed E-state index contributed by atoms with van der Waals surface area (Å²) in [5, 5.41) is 10.2. The van der Waals surface area contributed by atoms with Crippen molar-refractivity contribution in [1.29, 1.82) is 0 Å². The topological polar surface area (TPSA) is 46.5 Å². The second-order valence-electron chi connectivity index (χ2n) is 4.56. The maximum atomic E-state index is 12.3. The van der Waals surface area contributed by atoms with Gasteiger partial charge in [0.1, 0.15) is 0 Å². The number of carbonyl (C=O) groups is 1. The molecule has 1 aliphatic rings. The summed E-state index contributed by atoms with van der Waals surface area (Å²) >= 11 is 0. The number of phenols is 1. The Hall–Kier alpha value is -2.29. The first-order valence-electron chi connectivity index (χ1n) is 6.37. The van der Waals surface area contributed by atoms with Gasteiger partial charge in [-0.05, 0) is 29.7 Å². The molecule has 0 amide bonds. The lowest BCUT2D eigenvalue weighted by Gasteiger charge is -2.09. The summed E-state index contributed by atoms with van der Waals surface area (Å²) in [6.45, 7) is 2.51. The van der Waals surface area contributed by atoms with Gasteiger partial charge in [0, 0.05) is 5.56 Å². The third-order valence-corrected chi connectivity index (χ3v) is 3.29.